The summed E-state index contributed by atoms with van der Waals surface area (Å²) in [5.41, 5.74) is 0. The third kappa shape index (κ3) is 10.9. The zero-order valence-corrected chi connectivity index (χ0v) is 9.26. The van der Waals surface area contributed by atoms with Crippen molar-refractivity contribution in [1.82, 2.24) is 5.32 Å². The van der Waals surface area contributed by atoms with Gasteiger partial charge in [-0.15, -0.1) is 0 Å². The molecule has 1 rings (SSSR count). The van der Waals surface area contributed by atoms with Gasteiger partial charge in [0.05, 0.1) is 0 Å². The predicted molar refractivity (Wildman–Crippen MR) is 58.9 cm³/mol. The molecule has 1 saturated heterocycles. The Morgan fingerprint density at radius 3 is 1.82 bits per heavy atom. The molecule has 1 heterocycles. The second kappa shape index (κ2) is 10.9. The van der Waals surface area contributed by atoms with Crippen molar-refractivity contribution in [1.29, 1.82) is 0 Å². The number of nitrogens with one attached hydrogen (secondary N) is 1. The smallest absolute Gasteiger partial charge is 0.0280 e. The van der Waals surface area contributed by atoms with E-state index in [0.717, 1.165) is 0 Å². The summed E-state index contributed by atoms with van der Waals surface area (Å²) in [5, 5.41) is 2.68. The van der Waals surface area contributed by atoms with Gasteiger partial charge in [0.15, 0.2) is 0 Å². The highest BCUT2D eigenvalue weighted by atomic mass is 79.9. The number of hydrogen-bond acceptors (Lipinski definition) is 1. The lowest BCUT2D eigenvalue weighted by Gasteiger charge is -1.83. The standard InChI is InChI=1S/C4H8Br2.C4H9N/c5-3-1-2-4-6;1-2-4-5-3-1/h1-4H2;5H,1-4H2/i2*1D2,2D2. The fourth-order valence-electron chi connectivity index (χ4n) is 0.407. The predicted octanol–water partition coefficient (Wildman–Crippen LogP) is 2.93. The minimum Gasteiger partial charge on any atom is -0.317 e. The van der Waals surface area contributed by atoms with Crippen LogP contribution in [0.2, 0.25) is 0 Å². The van der Waals surface area contributed by atoms with Gasteiger partial charge >= 0.3 is 0 Å². The quantitative estimate of drug-likeness (QED) is 0.789. The van der Waals surface area contributed by atoms with Crippen LogP contribution < -0.4 is 5.32 Å². The molecule has 3 heteroatoms. The molecule has 0 saturated carbocycles. The molecule has 0 aromatic carbocycles. The molecule has 0 amide bonds. The van der Waals surface area contributed by atoms with Crippen LogP contribution in [-0.2, 0) is 0 Å². The second-order valence-corrected chi connectivity index (χ2v) is 2.70. The maximum Gasteiger partial charge on any atom is 0.0280 e. The van der Waals surface area contributed by atoms with Crippen molar-refractivity contribution in [2.45, 2.75) is 25.5 Å². The minimum atomic E-state index is -1.81. The highest BCUT2D eigenvalue weighted by molar-refractivity contribution is 9.09. The van der Waals surface area contributed by atoms with Gasteiger partial charge in [0.1, 0.15) is 0 Å². The molecule has 0 aromatic rings. The van der Waals surface area contributed by atoms with Gasteiger partial charge in [0.2, 0.25) is 0 Å². The van der Waals surface area contributed by atoms with Crippen LogP contribution in [0.15, 0.2) is 0 Å². The molecule has 0 spiro atoms. The van der Waals surface area contributed by atoms with Gasteiger partial charge in [-0.3, -0.25) is 0 Å². The molecule has 0 aromatic heterocycles. The van der Waals surface area contributed by atoms with E-state index in [1.807, 2.05) is 0 Å². The van der Waals surface area contributed by atoms with Gasteiger partial charge in [-0.2, -0.15) is 0 Å². The number of halogens is 2. The number of alkyl halides is 2. The largest absolute Gasteiger partial charge is 0.317 e. The summed E-state index contributed by atoms with van der Waals surface area (Å²) in [6.07, 6.45) is -6.99. The summed E-state index contributed by atoms with van der Waals surface area (Å²) in [6, 6.07) is 0. The van der Waals surface area contributed by atoms with Crippen LogP contribution in [0.4, 0.5) is 0 Å². The fourth-order valence-corrected chi connectivity index (χ4v) is 0.803. The molecule has 11 heavy (non-hydrogen) atoms. The summed E-state index contributed by atoms with van der Waals surface area (Å²) < 4.78 is 57.2. The average Bonchev–Trinajstić information content (AvgIpc) is 2.52. The first-order chi connectivity index (χ1) is 8.33. The van der Waals surface area contributed by atoms with Gasteiger partial charge in [0, 0.05) is 21.6 Å². The Bertz CT molecular complexity index is 268. The van der Waals surface area contributed by atoms with Crippen LogP contribution in [0.5, 0.6) is 0 Å². The molecule has 0 bridgehead atoms. The fraction of sp³-hybridized carbons (Fsp3) is 1.00. The molecular formula is C8H17Br2N. The third-order valence-electron chi connectivity index (χ3n) is 0.810. The van der Waals surface area contributed by atoms with Crippen molar-refractivity contribution < 1.29 is 11.0 Å². The van der Waals surface area contributed by atoms with E-state index < -0.39 is 25.5 Å². The average molecular weight is 295 g/mol. The second-order valence-electron chi connectivity index (χ2n) is 1.58. The summed E-state index contributed by atoms with van der Waals surface area (Å²) >= 11 is 5.82. The maximum atomic E-state index is 7.19. The Morgan fingerprint density at radius 2 is 1.64 bits per heavy atom. The zero-order chi connectivity index (χ0) is 15.5. The zero-order valence-electron chi connectivity index (χ0n) is 14.1. The van der Waals surface area contributed by atoms with Crippen LogP contribution in [0, 0.1) is 0 Å². The SMILES string of the molecule is [2H]C([2H])(CBr)C([2H])([2H])CBr.[2H]C1([2H])CNCC1([2H])[2H]. The Hall–Kier alpha value is 0.920. The van der Waals surface area contributed by atoms with Crippen molar-refractivity contribution in [2.24, 2.45) is 0 Å². The molecule has 1 fully saturated rings. The topological polar surface area (TPSA) is 12.0 Å². The van der Waals surface area contributed by atoms with Gasteiger partial charge in [-0.25, -0.2) is 0 Å². The maximum absolute atomic E-state index is 7.19. The summed E-state index contributed by atoms with van der Waals surface area (Å²) in [5.74, 6) is 0. The molecule has 0 aliphatic carbocycles. The van der Waals surface area contributed by atoms with Crippen molar-refractivity contribution in [3.05, 3.63) is 0 Å². The Kier molecular flexibility index (Phi) is 3.94. The normalized spacial score (nSPS) is 38.4. The minimum absolute atomic E-state index is 0.0125. The van der Waals surface area contributed by atoms with Crippen molar-refractivity contribution in [2.75, 3.05) is 23.7 Å². The van der Waals surface area contributed by atoms with Gasteiger partial charge < -0.3 is 5.32 Å². The lowest BCUT2D eigenvalue weighted by atomic mass is 10.4. The van der Waals surface area contributed by atoms with Crippen molar-refractivity contribution in [3.63, 3.8) is 0 Å². The summed E-state index contributed by atoms with van der Waals surface area (Å²) in [4.78, 5) is 0. The van der Waals surface area contributed by atoms with Crippen molar-refractivity contribution in [3.8, 4) is 0 Å². The third-order valence-corrected chi connectivity index (χ3v) is 1.37. The lowest BCUT2D eigenvalue weighted by Crippen LogP contribution is -2.03. The molecule has 0 unspecified atom stereocenters. The summed E-state index contributed by atoms with van der Waals surface area (Å²) in [7, 11) is 0. The molecule has 0 atom stereocenters. The van der Waals surface area contributed by atoms with Crippen LogP contribution in [-0.4, -0.2) is 23.7 Å². The molecule has 0 radical (unpaired) electrons. The highest BCUT2D eigenvalue weighted by Crippen LogP contribution is 1.95. The molecular weight excluding hydrogens is 270 g/mol. The monoisotopic (exact) mass is 293 g/mol. The number of hydrogen-bond donors (Lipinski definition) is 1. The van der Waals surface area contributed by atoms with E-state index in [1.54, 1.807) is 0 Å². The van der Waals surface area contributed by atoms with E-state index in [4.69, 9.17) is 11.0 Å². The van der Waals surface area contributed by atoms with E-state index in [1.165, 1.54) is 0 Å². The Labute approximate surface area is 97.8 Å². The first-order valence-electron chi connectivity index (χ1n) is 7.16. The summed E-state index contributed by atoms with van der Waals surface area (Å²) in [6.45, 7) is 0.250. The van der Waals surface area contributed by atoms with Crippen LogP contribution in [0.25, 0.3) is 0 Å². The number of rotatable bonds is 3. The van der Waals surface area contributed by atoms with Gasteiger partial charge in [-0.05, 0) is 38.6 Å². The first kappa shape index (κ1) is 3.97. The van der Waals surface area contributed by atoms with Gasteiger partial charge in [0.25, 0.3) is 0 Å². The molecule has 1 aliphatic heterocycles. The Morgan fingerprint density at radius 1 is 1.18 bits per heavy atom. The lowest BCUT2D eigenvalue weighted by molar-refractivity contribution is 0.857. The van der Waals surface area contributed by atoms with E-state index in [2.05, 4.69) is 37.2 Å². The van der Waals surface area contributed by atoms with Crippen LogP contribution in [0.3, 0.4) is 0 Å². The molecule has 68 valence electrons. The first-order valence-corrected chi connectivity index (χ1v) is 5.40. The van der Waals surface area contributed by atoms with E-state index in [9.17, 15) is 0 Å². The Balaban J connectivity index is 0.000000342. The highest BCUT2D eigenvalue weighted by Gasteiger charge is 1.93. The van der Waals surface area contributed by atoms with E-state index in [0.29, 0.717) is 0 Å². The van der Waals surface area contributed by atoms with Crippen LogP contribution in [0.1, 0.15) is 36.5 Å². The van der Waals surface area contributed by atoms with Gasteiger partial charge in [-0.1, -0.05) is 31.9 Å². The van der Waals surface area contributed by atoms with Crippen molar-refractivity contribution >= 4 is 31.9 Å². The van der Waals surface area contributed by atoms with E-state index in [-0.39, 0.29) is 23.7 Å². The van der Waals surface area contributed by atoms with Crippen LogP contribution >= 0.6 is 31.9 Å². The molecule has 1 nitrogen and oxygen atoms in total. The molecule has 1 aliphatic rings. The molecule has 1 N–H and O–H groups in total. The van der Waals surface area contributed by atoms with E-state index >= 15 is 0 Å².